The number of rotatable bonds is 12. The molecule has 5 amide bonds. The predicted molar refractivity (Wildman–Crippen MR) is 194 cm³/mol. The fraction of sp³-hybridized carbons (Fsp3) is 0.658. The number of ketones is 1. The van der Waals surface area contributed by atoms with Crippen molar-refractivity contribution in [3.63, 3.8) is 0 Å². The van der Waals surface area contributed by atoms with E-state index in [1.54, 1.807) is 13.8 Å². The van der Waals surface area contributed by atoms with Gasteiger partial charge in [0.15, 0.2) is 0 Å². The van der Waals surface area contributed by atoms with E-state index in [4.69, 9.17) is 15.2 Å². The van der Waals surface area contributed by atoms with Crippen molar-refractivity contribution in [2.75, 3.05) is 33.0 Å². The van der Waals surface area contributed by atoms with Gasteiger partial charge in [-0.2, -0.15) is 0 Å². The molecule has 1 aromatic carbocycles. The van der Waals surface area contributed by atoms with Crippen LogP contribution in [0.15, 0.2) is 36.5 Å². The number of benzene rings is 1. The van der Waals surface area contributed by atoms with E-state index in [1.807, 2.05) is 30.3 Å². The normalized spacial score (nSPS) is 23.6. The smallest absolute Gasteiger partial charge is 0.316 e. The minimum absolute atomic E-state index is 0.0129. The van der Waals surface area contributed by atoms with Crippen LogP contribution in [0.2, 0.25) is 0 Å². The van der Waals surface area contributed by atoms with Gasteiger partial charge in [-0.25, -0.2) is 9.48 Å². The van der Waals surface area contributed by atoms with Gasteiger partial charge >= 0.3 is 6.03 Å². The molecule has 16 nitrogen and oxygen atoms in total. The van der Waals surface area contributed by atoms with E-state index in [0.717, 1.165) is 37.7 Å². The van der Waals surface area contributed by atoms with Gasteiger partial charge in [-0.15, -0.1) is 5.10 Å². The van der Waals surface area contributed by atoms with Crippen molar-refractivity contribution in [1.29, 1.82) is 0 Å². The molecule has 4 fully saturated rings. The molecule has 4 heterocycles. The van der Waals surface area contributed by atoms with Crippen molar-refractivity contribution >= 4 is 29.5 Å². The Kier molecular flexibility index (Phi) is 12.0. The highest BCUT2D eigenvalue weighted by Gasteiger charge is 2.50. The number of ether oxygens (including phenoxy) is 2. The van der Waals surface area contributed by atoms with Crippen LogP contribution in [0.3, 0.4) is 0 Å². The zero-order valence-corrected chi connectivity index (χ0v) is 31.3. The molecular weight excluding hydrogens is 696 g/mol. The minimum Gasteiger partial charge on any atom is -0.384 e. The highest BCUT2D eigenvalue weighted by atomic mass is 16.5. The standard InChI is InChI=1S/C38H54N8O8/c1-36(2,52)30-23-40-44-46(30)27-22-29(33(49)42-38(31(47)32(39)48)15-19-54-20-16-38)45(24-27)34(50)28(21-25-9-5-3-6-10-25)41-35(51)43-37(13-17-53-18-14-37)26-11-7-4-8-12-26/h4,7-8,11-12,23,25,27-29,52H,3,5-6,9-10,13-22,24H2,1-2H3,(H2,39,48)(H,42,49)(H2,41,43,51)/t27-,28+,29-/m0/s1. The maximum absolute atomic E-state index is 15.0. The summed E-state index contributed by atoms with van der Waals surface area (Å²) in [5.41, 5.74) is 3.17. The molecule has 0 bridgehead atoms. The Morgan fingerprint density at radius 2 is 1.61 bits per heavy atom. The second-order valence-corrected chi connectivity index (χ2v) is 15.8. The van der Waals surface area contributed by atoms with Crippen LogP contribution in [-0.4, -0.2) is 105 Å². The zero-order chi connectivity index (χ0) is 38.5. The van der Waals surface area contributed by atoms with Gasteiger partial charge in [0.2, 0.25) is 17.6 Å². The molecule has 2 aromatic rings. The lowest BCUT2D eigenvalue weighted by Gasteiger charge is -2.39. The van der Waals surface area contributed by atoms with E-state index >= 15 is 0 Å². The third-order valence-electron chi connectivity index (χ3n) is 11.7. The summed E-state index contributed by atoms with van der Waals surface area (Å²) in [6.07, 6.45) is 8.07. The number of nitrogens with zero attached hydrogens (tertiary/aromatic N) is 4. The number of nitrogens with two attached hydrogens (primary N) is 1. The second kappa shape index (κ2) is 16.5. The van der Waals surface area contributed by atoms with Gasteiger partial charge in [0, 0.05) is 52.2 Å². The SMILES string of the molecule is CC(C)(O)c1cnnn1[C@H]1C[C@@H](C(=O)NC2(C(=O)C(N)=O)CCOCC2)N(C(=O)[C@@H](CC2CCCCC2)NC(=O)NC2(c3ccccc3)CCOCC2)C1. The molecule has 3 aliphatic heterocycles. The lowest BCUT2D eigenvalue weighted by molar-refractivity contribution is -0.147. The number of carbonyl (C=O) groups excluding carboxylic acids is 5. The number of amides is 5. The monoisotopic (exact) mass is 750 g/mol. The molecule has 3 atom stereocenters. The number of aliphatic hydroxyl groups is 1. The second-order valence-electron chi connectivity index (χ2n) is 15.8. The van der Waals surface area contributed by atoms with Crippen molar-refractivity contribution in [2.45, 2.75) is 119 Å². The Labute approximate surface area is 315 Å². The van der Waals surface area contributed by atoms with Crippen LogP contribution in [0.1, 0.15) is 102 Å². The zero-order valence-electron chi connectivity index (χ0n) is 31.3. The number of urea groups is 1. The van der Waals surface area contributed by atoms with Crippen LogP contribution in [0, 0.1) is 5.92 Å². The number of nitrogens with one attached hydrogen (secondary N) is 3. The summed E-state index contributed by atoms with van der Waals surface area (Å²) in [6.45, 7) is 4.39. The molecule has 54 heavy (non-hydrogen) atoms. The third-order valence-corrected chi connectivity index (χ3v) is 11.7. The van der Waals surface area contributed by atoms with Gasteiger partial charge in [-0.1, -0.05) is 67.6 Å². The highest BCUT2D eigenvalue weighted by Crippen LogP contribution is 2.35. The number of likely N-dealkylation sites (tertiary alicyclic amines) is 1. The van der Waals surface area contributed by atoms with Crippen LogP contribution in [0.4, 0.5) is 4.79 Å². The number of primary amides is 1. The molecule has 0 spiro atoms. The first-order valence-electron chi connectivity index (χ1n) is 19.2. The Bertz CT molecular complexity index is 1660. The van der Waals surface area contributed by atoms with Crippen LogP contribution >= 0.6 is 0 Å². The average Bonchev–Trinajstić information content (AvgIpc) is 3.84. The van der Waals surface area contributed by atoms with Crippen LogP contribution in [0.25, 0.3) is 0 Å². The third kappa shape index (κ3) is 8.60. The Morgan fingerprint density at radius 1 is 0.963 bits per heavy atom. The fourth-order valence-corrected chi connectivity index (χ4v) is 8.67. The predicted octanol–water partition coefficient (Wildman–Crippen LogP) is 1.71. The van der Waals surface area contributed by atoms with Crippen molar-refractivity contribution < 1.29 is 38.6 Å². The van der Waals surface area contributed by atoms with Crippen LogP contribution < -0.4 is 21.7 Å². The average molecular weight is 751 g/mol. The number of hydrogen-bond donors (Lipinski definition) is 5. The molecule has 4 aliphatic rings. The first-order chi connectivity index (χ1) is 25.8. The van der Waals surface area contributed by atoms with Gasteiger partial charge in [0.1, 0.15) is 23.2 Å². The first kappa shape index (κ1) is 39.3. The molecule has 1 aromatic heterocycles. The lowest BCUT2D eigenvalue weighted by atomic mass is 9.82. The number of hydrogen-bond acceptors (Lipinski definition) is 10. The highest BCUT2D eigenvalue weighted by molar-refractivity contribution is 6.39. The van der Waals surface area contributed by atoms with Crippen LogP contribution in [-0.2, 0) is 39.8 Å². The maximum atomic E-state index is 15.0. The lowest BCUT2D eigenvalue weighted by Crippen LogP contribution is -2.64. The van der Waals surface area contributed by atoms with Crippen molar-refractivity contribution in [3.8, 4) is 0 Å². The van der Waals surface area contributed by atoms with Crippen LogP contribution in [0.5, 0.6) is 0 Å². The number of aromatic nitrogens is 3. The quantitative estimate of drug-likeness (QED) is 0.198. The van der Waals surface area contributed by atoms with Crippen molar-refractivity contribution in [1.82, 2.24) is 35.8 Å². The maximum Gasteiger partial charge on any atom is 0.316 e. The molecule has 1 saturated carbocycles. The minimum atomic E-state index is -1.59. The number of Topliss-reactive ketones (excluding diaryl/α,β-unsaturated/α-hetero) is 1. The summed E-state index contributed by atoms with van der Waals surface area (Å²) in [5.74, 6) is -3.01. The van der Waals surface area contributed by atoms with E-state index in [9.17, 15) is 29.1 Å². The van der Waals surface area contributed by atoms with Gasteiger partial charge < -0.3 is 41.2 Å². The summed E-state index contributed by atoms with van der Waals surface area (Å²) in [6, 6.07) is 6.54. The van der Waals surface area contributed by atoms with Crippen molar-refractivity contribution in [3.05, 3.63) is 47.8 Å². The van der Waals surface area contributed by atoms with Gasteiger partial charge in [-0.3, -0.25) is 19.2 Å². The van der Waals surface area contributed by atoms with E-state index in [-0.39, 0.29) is 44.9 Å². The Morgan fingerprint density at radius 3 is 2.24 bits per heavy atom. The summed E-state index contributed by atoms with van der Waals surface area (Å²) < 4.78 is 12.6. The van der Waals surface area contributed by atoms with Gasteiger partial charge in [0.05, 0.1) is 23.5 Å². The molecule has 0 radical (unpaired) electrons. The van der Waals surface area contributed by atoms with E-state index in [0.29, 0.717) is 38.2 Å². The van der Waals surface area contributed by atoms with E-state index < -0.39 is 64.3 Å². The largest absolute Gasteiger partial charge is 0.384 e. The molecule has 3 saturated heterocycles. The topological polar surface area (TPSA) is 220 Å². The summed E-state index contributed by atoms with van der Waals surface area (Å²) >= 11 is 0. The first-order valence-corrected chi connectivity index (χ1v) is 19.2. The Balaban J connectivity index is 1.31. The van der Waals surface area contributed by atoms with Crippen molar-refractivity contribution in [2.24, 2.45) is 11.7 Å². The molecular formula is C38H54N8O8. The van der Waals surface area contributed by atoms with Gasteiger partial charge in [0.25, 0.3) is 5.91 Å². The fourth-order valence-electron chi connectivity index (χ4n) is 8.67. The van der Waals surface area contributed by atoms with E-state index in [1.165, 1.54) is 15.8 Å². The summed E-state index contributed by atoms with van der Waals surface area (Å²) in [4.78, 5) is 70.2. The van der Waals surface area contributed by atoms with E-state index in [2.05, 4.69) is 26.3 Å². The molecule has 1 aliphatic carbocycles. The molecule has 0 unspecified atom stereocenters. The molecule has 6 N–H and O–H groups in total. The Hall–Kier alpha value is -4.41. The summed E-state index contributed by atoms with van der Waals surface area (Å²) in [5, 5.41) is 28.2. The molecule has 294 valence electrons. The number of carbonyl (C=O) groups is 5. The van der Waals surface area contributed by atoms with Gasteiger partial charge in [-0.05, 0) is 44.6 Å². The molecule has 6 rings (SSSR count). The molecule has 16 heteroatoms. The summed E-state index contributed by atoms with van der Waals surface area (Å²) in [7, 11) is 0.